The zero-order valence-electron chi connectivity index (χ0n) is 30.7. The predicted molar refractivity (Wildman–Crippen MR) is 242 cm³/mol. The van der Waals surface area contributed by atoms with Gasteiger partial charge in [-0.2, -0.15) is 0 Å². The number of pyridine rings is 2. The molecule has 0 saturated carbocycles. The van der Waals surface area contributed by atoms with Crippen LogP contribution in [0.3, 0.4) is 0 Å². The summed E-state index contributed by atoms with van der Waals surface area (Å²) in [6, 6.07) is 48.7. The Bertz CT molecular complexity index is 3170. The van der Waals surface area contributed by atoms with E-state index in [0.29, 0.717) is 5.82 Å². The van der Waals surface area contributed by atoms with E-state index in [-0.39, 0.29) is 17.3 Å². The molecule has 0 radical (unpaired) electrons. The number of anilines is 1. The van der Waals surface area contributed by atoms with Crippen molar-refractivity contribution in [1.29, 1.82) is 0 Å². The number of para-hydroxylation sites is 1. The Kier molecular flexibility index (Phi) is 7.03. The summed E-state index contributed by atoms with van der Waals surface area (Å²) in [5.74, 6) is 1.06. The minimum Gasteiger partial charge on any atom is -0.384 e. The van der Waals surface area contributed by atoms with E-state index in [4.69, 9.17) is 10.7 Å². The van der Waals surface area contributed by atoms with E-state index in [0.717, 1.165) is 39.1 Å². The first-order valence-electron chi connectivity index (χ1n) is 19.4. The smallest absolute Gasteiger partial charge is 0.118 e. The Morgan fingerprint density at radius 1 is 0.614 bits per heavy atom. The van der Waals surface area contributed by atoms with Crippen LogP contribution in [0.25, 0.3) is 72.5 Å². The van der Waals surface area contributed by atoms with Gasteiger partial charge >= 0.3 is 0 Å². The lowest BCUT2D eigenvalue weighted by Crippen LogP contribution is -2.33. The van der Waals surface area contributed by atoms with Crippen molar-refractivity contribution in [1.82, 2.24) is 19.1 Å². The fourth-order valence-corrected chi connectivity index (χ4v) is 10.9. The molecule has 0 bridgehead atoms. The molecule has 57 heavy (non-hydrogen) atoms. The van der Waals surface area contributed by atoms with Gasteiger partial charge in [0, 0.05) is 57.5 Å². The number of nitrogens with zero attached hydrogens (tertiary/aromatic N) is 4. The topological polar surface area (TPSA) is 61.7 Å². The predicted octanol–water partition coefficient (Wildman–Crippen LogP) is 12.3. The molecule has 0 saturated heterocycles. The Morgan fingerprint density at radius 2 is 1.30 bits per heavy atom. The molecule has 4 aromatic heterocycles. The maximum absolute atomic E-state index is 6.73. The summed E-state index contributed by atoms with van der Waals surface area (Å²) in [5.41, 5.74) is 23.9. The first-order chi connectivity index (χ1) is 28.2. The Hall–Kier alpha value is -6.51. The van der Waals surface area contributed by atoms with E-state index in [9.17, 15) is 0 Å². The van der Waals surface area contributed by atoms with Crippen LogP contribution in [0.15, 0.2) is 174 Å². The fraction of sp³-hybridized carbons (Fsp3) is 0.0588. The maximum atomic E-state index is 6.73. The van der Waals surface area contributed by atoms with Crippen molar-refractivity contribution in [3.05, 3.63) is 202 Å². The van der Waals surface area contributed by atoms with Crippen LogP contribution in [0.1, 0.15) is 33.9 Å². The number of hydrogen-bond acceptors (Lipinski definition) is 3. The number of allylic oxidation sites excluding steroid dienone is 4. The molecule has 2 N–H and O–H groups in total. The largest absolute Gasteiger partial charge is 0.384 e. The third-order valence-electron chi connectivity index (χ3n) is 12.7. The minimum absolute atomic E-state index is 0.187. The highest BCUT2D eigenvalue weighted by Gasteiger charge is 2.58. The van der Waals surface area contributed by atoms with E-state index in [1.54, 1.807) is 0 Å². The number of benzene rings is 5. The van der Waals surface area contributed by atoms with Gasteiger partial charge in [0.25, 0.3) is 0 Å². The summed E-state index contributed by atoms with van der Waals surface area (Å²) < 4.78 is 6.57. The molecule has 4 heterocycles. The molecular weight excluding hydrogens is 809 g/mol. The van der Waals surface area contributed by atoms with Crippen molar-refractivity contribution in [2.75, 3.05) is 5.73 Å². The van der Waals surface area contributed by atoms with Crippen molar-refractivity contribution in [2.24, 2.45) is 5.92 Å². The molecule has 9 aromatic rings. The van der Waals surface area contributed by atoms with Gasteiger partial charge in [-0.25, -0.2) is 0 Å². The van der Waals surface area contributed by atoms with E-state index in [1.807, 2.05) is 28.6 Å². The third-order valence-corrected chi connectivity index (χ3v) is 13.1. The second kappa shape index (κ2) is 12.2. The van der Waals surface area contributed by atoms with Crippen LogP contribution < -0.4 is 5.73 Å². The van der Waals surface area contributed by atoms with Gasteiger partial charge in [-0.15, -0.1) is 0 Å². The second-order valence-corrected chi connectivity index (χ2v) is 16.0. The molecule has 5 nitrogen and oxygen atoms in total. The maximum Gasteiger partial charge on any atom is 0.118 e. The summed E-state index contributed by atoms with van der Waals surface area (Å²) in [6.45, 7) is 0. The van der Waals surface area contributed by atoms with Crippen LogP contribution in [-0.4, -0.2) is 19.1 Å². The Labute approximate surface area is 343 Å². The molecule has 5 aromatic carbocycles. The van der Waals surface area contributed by atoms with Crippen molar-refractivity contribution >= 4 is 67.3 Å². The number of nitrogens with two attached hydrogens (primary N) is 1. The van der Waals surface area contributed by atoms with Crippen LogP contribution >= 0.6 is 22.6 Å². The van der Waals surface area contributed by atoms with Gasteiger partial charge in [0.2, 0.25) is 0 Å². The quantitative estimate of drug-likeness (QED) is 0.180. The molecule has 3 aliphatic carbocycles. The van der Waals surface area contributed by atoms with Gasteiger partial charge in [0.05, 0.1) is 33.2 Å². The monoisotopic (exact) mass is 843 g/mol. The SMILES string of the molecule is Nc1c(/C=C\I)c2ncccc2n1-c1ccc(-c2ccc(-n3c4ccccc4c4ccc5c(c43)C3C=CC=CC3C53c4ccccc4-c4cccnc43)cc2)cc1. The summed E-state index contributed by atoms with van der Waals surface area (Å²) in [6.07, 6.45) is 15.2. The van der Waals surface area contributed by atoms with Crippen LogP contribution in [0.2, 0.25) is 0 Å². The average molecular weight is 844 g/mol. The highest BCUT2D eigenvalue weighted by Crippen LogP contribution is 2.66. The minimum atomic E-state index is -0.387. The average Bonchev–Trinajstić information content (AvgIpc) is 3.96. The Morgan fingerprint density at radius 3 is 2.12 bits per heavy atom. The van der Waals surface area contributed by atoms with E-state index >= 15 is 0 Å². The van der Waals surface area contributed by atoms with Gasteiger partial charge in [-0.05, 0) is 92.1 Å². The summed E-state index contributed by atoms with van der Waals surface area (Å²) in [5, 5.41) is 2.54. The first kappa shape index (κ1) is 32.7. The number of hydrogen-bond donors (Lipinski definition) is 1. The number of halogens is 1. The molecule has 270 valence electrons. The van der Waals surface area contributed by atoms with Gasteiger partial charge in [0.15, 0.2) is 0 Å². The van der Waals surface area contributed by atoms with Crippen molar-refractivity contribution < 1.29 is 0 Å². The van der Waals surface area contributed by atoms with Gasteiger partial charge in [0.1, 0.15) is 5.82 Å². The number of rotatable bonds is 4. The molecule has 6 heteroatoms. The van der Waals surface area contributed by atoms with Crippen LogP contribution in [0.4, 0.5) is 5.82 Å². The third kappa shape index (κ3) is 4.33. The standard InChI is InChI=1S/C51H34IN5/c52-28-27-40-47-45(16-8-29-54-47)57(50(40)53)34-23-19-32(20-24-34)31-17-21-33(22-18-31)56-44-15-6-3-10-36(44)37-25-26-43-46(48(37)56)39-11-2-5-14-42(39)51(43)41-13-4-1-9-35(41)38-12-7-30-55-49(38)51/h1-30,39,42H,53H2/b28-27-. The normalized spacial score (nSPS) is 18.9. The van der Waals surface area contributed by atoms with E-state index in [2.05, 4.69) is 188 Å². The molecule has 0 fully saturated rings. The zero-order chi connectivity index (χ0) is 37.8. The van der Waals surface area contributed by atoms with Crippen LogP contribution in [0, 0.1) is 5.92 Å². The highest BCUT2D eigenvalue weighted by atomic mass is 127. The zero-order valence-corrected chi connectivity index (χ0v) is 32.9. The van der Waals surface area contributed by atoms with Gasteiger partial charge in [-0.1, -0.05) is 132 Å². The van der Waals surface area contributed by atoms with Gasteiger partial charge < -0.3 is 10.3 Å². The molecule has 3 aliphatic rings. The first-order valence-corrected chi connectivity index (χ1v) is 20.6. The summed E-state index contributed by atoms with van der Waals surface area (Å²) in [4.78, 5) is 9.86. The van der Waals surface area contributed by atoms with Crippen molar-refractivity contribution in [2.45, 2.75) is 11.3 Å². The van der Waals surface area contributed by atoms with Crippen LogP contribution in [0.5, 0.6) is 0 Å². The second-order valence-electron chi connectivity index (χ2n) is 15.2. The molecule has 0 aliphatic heterocycles. The van der Waals surface area contributed by atoms with Crippen LogP contribution in [-0.2, 0) is 5.41 Å². The van der Waals surface area contributed by atoms with Crippen molar-refractivity contribution in [3.8, 4) is 33.6 Å². The lowest BCUT2D eigenvalue weighted by atomic mass is 9.67. The summed E-state index contributed by atoms with van der Waals surface area (Å²) >= 11 is 2.23. The van der Waals surface area contributed by atoms with Gasteiger partial charge in [-0.3, -0.25) is 14.5 Å². The lowest BCUT2D eigenvalue weighted by Gasteiger charge is -2.34. The summed E-state index contributed by atoms with van der Waals surface area (Å²) in [7, 11) is 0. The molecule has 3 unspecified atom stereocenters. The lowest BCUT2D eigenvalue weighted by molar-refractivity contribution is 0.456. The van der Waals surface area contributed by atoms with Crippen molar-refractivity contribution in [3.63, 3.8) is 0 Å². The number of nitrogen functional groups attached to an aromatic ring is 1. The fourth-order valence-electron chi connectivity index (χ4n) is 10.5. The number of fused-ring (bicyclic) bond motifs is 15. The number of aromatic nitrogens is 4. The van der Waals surface area contributed by atoms with E-state index < -0.39 is 0 Å². The molecule has 3 atom stereocenters. The Balaban J connectivity index is 1.02. The molecular formula is C51H34IN5. The molecule has 1 spiro atoms. The van der Waals surface area contributed by atoms with E-state index in [1.165, 1.54) is 55.3 Å². The molecule has 0 amide bonds. The molecule has 12 rings (SSSR count). The highest BCUT2D eigenvalue weighted by molar-refractivity contribution is 14.1.